The number of carbonyl (C=O) groups is 2. The van der Waals surface area contributed by atoms with Crippen LogP contribution >= 0.6 is 15.9 Å². The number of hydrogen-bond donors (Lipinski definition) is 3. The maximum Gasteiger partial charge on any atom is 0.414 e. The second-order valence-corrected chi connectivity index (χ2v) is 4.67. The van der Waals surface area contributed by atoms with Crippen molar-refractivity contribution in [2.45, 2.75) is 6.42 Å². The second-order valence-electron chi connectivity index (χ2n) is 3.76. The van der Waals surface area contributed by atoms with Gasteiger partial charge in [0.1, 0.15) is 5.75 Å². The summed E-state index contributed by atoms with van der Waals surface area (Å²) in [5.41, 5.74) is 0. The Morgan fingerprint density at radius 2 is 1.81 bits per heavy atom. The molecule has 0 saturated carbocycles. The van der Waals surface area contributed by atoms with Crippen molar-refractivity contribution in [3.63, 3.8) is 0 Å². The zero-order valence-electron chi connectivity index (χ0n) is 11.4. The zero-order chi connectivity index (χ0) is 16.1. The average molecular weight is 360 g/mol. The minimum atomic E-state index is -1.82. The summed E-state index contributed by atoms with van der Waals surface area (Å²) < 4.78 is 6.63. The monoisotopic (exact) mass is 359 g/mol. The van der Waals surface area contributed by atoms with Gasteiger partial charge >= 0.3 is 11.9 Å². The molecule has 0 aliphatic carbocycles. The largest absolute Gasteiger partial charge is 0.494 e. The Morgan fingerprint density at radius 1 is 1.24 bits per heavy atom. The van der Waals surface area contributed by atoms with Crippen molar-refractivity contribution in [3.8, 4) is 5.75 Å². The smallest absolute Gasteiger partial charge is 0.414 e. The molecule has 0 aliphatic heterocycles. The first-order chi connectivity index (χ1) is 9.97. The van der Waals surface area contributed by atoms with E-state index in [0.717, 1.165) is 36.3 Å². The first-order valence-corrected chi connectivity index (χ1v) is 6.93. The quantitative estimate of drug-likeness (QED) is 0.392. The molecule has 0 aromatic heterocycles. The van der Waals surface area contributed by atoms with E-state index in [9.17, 15) is 0 Å². The predicted molar refractivity (Wildman–Crippen MR) is 82.6 cm³/mol. The van der Waals surface area contributed by atoms with Crippen molar-refractivity contribution in [2.75, 3.05) is 19.7 Å². The number of carboxylic acid groups (broad SMARTS) is 2. The Hall–Kier alpha value is -1.86. The molecule has 0 amide bonds. The number of carboxylic acids is 2. The highest BCUT2D eigenvalue weighted by atomic mass is 79.9. The van der Waals surface area contributed by atoms with Crippen LogP contribution in [-0.4, -0.2) is 41.8 Å². The lowest BCUT2D eigenvalue weighted by Gasteiger charge is -2.06. The van der Waals surface area contributed by atoms with E-state index in [1.165, 1.54) is 0 Å². The van der Waals surface area contributed by atoms with Crippen molar-refractivity contribution in [1.82, 2.24) is 5.32 Å². The van der Waals surface area contributed by atoms with E-state index in [1.54, 1.807) is 0 Å². The summed E-state index contributed by atoms with van der Waals surface area (Å²) in [7, 11) is 0. The van der Waals surface area contributed by atoms with Gasteiger partial charge in [0.05, 0.1) is 6.61 Å². The third-order valence-electron chi connectivity index (χ3n) is 2.05. The van der Waals surface area contributed by atoms with Gasteiger partial charge in [0.25, 0.3) is 0 Å². The van der Waals surface area contributed by atoms with Crippen LogP contribution in [0.15, 0.2) is 41.4 Å². The fraction of sp³-hybridized carbons (Fsp3) is 0.286. The van der Waals surface area contributed by atoms with Crippen LogP contribution in [0.2, 0.25) is 0 Å². The molecule has 0 radical (unpaired) electrons. The summed E-state index contributed by atoms with van der Waals surface area (Å²) in [6.07, 6.45) is 2.86. The number of halogens is 1. The van der Waals surface area contributed by atoms with Crippen LogP contribution in [0.1, 0.15) is 6.42 Å². The minimum Gasteiger partial charge on any atom is -0.494 e. The van der Waals surface area contributed by atoms with Crippen LogP contribution in [0, 0.1) is 0 Å². The maximum absolute atomic E-state index is 9.10. The number of ether oxygens (including phenoxy) is 1. The van der Waals surface area contributed by atoms with Crippen molar-refractivity contribution < 1.29 is 24.5 Å². The molecule has 1 rings (SSSR count). The highest BCUT2D eigenvalue weighted by Crippen LogP contribution is 2.15. The van der Waals surface area contributed by atoms with Crippen LogP contribution in [-0.2, 0) is 9.59 Å². The third kappa shape index (κ3) is 11.6. The van der Waals surface area contributed by atoms with Gasteiger partial charge in [-0.15, -0.1) is 6.58 Å². The van der Waals surface area contributed by atoms with Gasteiger partial charge in [-0.1, -0.05) is 22.0 Å². The SMILES string of the molecule is C=CCNCCCOc1ccc(Br)cc1.O=C(O)C(=O)O. The van der Waals surface area contributed by atoms with Crippen LogP contribution in [0.25, 0.3) is 0 Å². The molecular weight excluding hydrogens is 342 g/mol. The first kappa shape index (κ1) is 19.1. The predicted octanol–water partition coefficient (Wildman–Crippen LogP) is 2.15. The number of benzene rings is 1. The summed E-state index contributed by atoms with van der Waals surface area (Å²) in [4.78, 5) is 18.2. The normalized spacial score (nSPS) is 9.19. The van der Waals surface area contributed by atoms with E-state index in [2.05, 4.69) is 27.8 Å². The molecule has 0 atom stereocenters. The molecule has 6 nitrogen and oxygen atoms in total. The number of hydrogen-bond acceptors (Lipinski definition) is 4. The number of aliphatic carboxylic acids is 2. The van der Waals surface area contributed by atoms with Gasteiger partial charge in [0.15, 0.2) is 0 Å². The fourth-order valence-corrected chi connectivity index (χ4v) is 1.39. The van der Waals surface area contributed by atoms with Crippen LogP contribution in [0.4, 0.5) is 0 Å². The van der Waals surface area contributed by atoms with Crippen LogP contribution in [0.5, 0.6) is 5.75 Å². The standard InChI is InChI=1S/C12H16BrNO.C2H2O4/c1-2-8-14-9-3-10-15-12-6-4-11(13)5-7-12;3-1(4)2(5)6/h2,4-7,14H,1,3,8-10H2;(H,3,4)(H,5,6). The first-order valence-electron chi connectivity index (χ1n) is 6.13. The highest BCUT2D eigenvalue weighted by molar-refractivity contribution is 9.10. The lowest BCUT2D eigenvalue weighted by molar-refractivity contribution is -0.159. The lowest BCUT2D eigenvalue weighted by Crippen LogP contribution is -2.17. The van der Waals surface area contributed by atoms with Crippen LogP contribution in [0.3, 0.4) is 0 Å². The summed E-state index contributed by atoms with van der Waals surface area (Å²) in [6, 6.07) is 7.87. The Labute approximate surface area is 131 Å². The molecule has 0 unspecified atom stereocenters. The molecule has 0 heterocycles. The topological polar surface area (TPSA) is 95.9 Å². The molecule has 3 N–H and O–H groups in total. The van der Waals surface area contributed by atoms with Crippen molar-refractivity contribution in [3.05, 3.63) is 41.4 Å². The molecule has 1 aromatic carbocycles. The molecule has 0 fully saturated rings. The second kappa shape index (κ2) is 11.9. The Morgan fingerprint density at radius 3 is 2.29 bits per heavy atom. The molecule has 0 spiro atoms. The van der Waals surface area contributed by atoms with Gasteiger partial charge < -0.3 is 20.3 Å². The van der Waals surface area contributed by atoms with Crippen molar-refractivity contribution >= 4 is 27.9 Å². The molecule has 21 heavy (non-hydrogen) atoms. The van der Waals surface area contributed by atoms with Gasteiger partial charge in [-0.2, -0.15) is 0 Å². The minimum absolute atomic E-state index is 0.742. The van der Waals surface area contributed by atoms with E-state index < -0.39 is 11.9 Å². The Kier molecular flexibility index (Phi) is 10.9. The summed E-state index contributed by atoms with van der Waals surface area (Å²) >= 11 is 3.38. The maximum atomic E-state index is 9.10. The lowest BCUT2D eigenvalue weighted by atomic mass is 10.3. The summed E-state index contributed by atoms with van der Waals surface area (Å²) in [6.45, 7) is 6.20. The molecule has 0 bridgehead atoms. The zero-order valence-corrected chi connectivity index (χ0v) is 13.0. The Balaban J connectivity index is 0.000000567. The van der Waals surface area contributed by atoms with Crippen molar-refractivity contribution in [1.29, 1.82) is 0 Å². The van der Waals surface area contributed by atoms with Gasteiger partial charge in [0, 0.05) is 11.0 Å². The number of nitrogens with one attached hydrogen (secondary N) is 1. The third-order valence-corrected chi connectivity index (χ3v) is 2.58. The molecule has 1 aromatic rings. The summed E-state index contributed by atoms with van der Waals surface area (Å²) in [5.74, 6) is -2.73. The highest BCUT2D eigenvalue weighted by Gasteiger charge is 2.04. The van der Waals surface area contributed by atoms with E-state index in [4.69, 9.17) is 24.5 Å². The molecular formula is C14H18BrNO5. The van der Waals surface area contributed by atoms with Crippen LogP contribution < -0.4 is 10.1 Å². The van der Waals surface area contributed by atoms with E-state index in [0.29, 0.717) is 0 Å². The molecule has 7 heteroatoms. The van der Waals surface area contributed by atoms with E-state index >= 15 is 0 Å². The van der Waals surface area contributed by atoms with E-state index in [-0.39, 0.29) is 0 Å². The van der Waals surface area contributed by atoms with Gasteiger partial charge in [-0.25, -0.2) is 9.59 Å². The van der Waals surface area contributed by atoms with E-state index in [1.807, 2.05) is 30.3 Å². The average Bonchev–Trinajstić information content (AvgIpc) is 2.45. The number of rotatable bonds is 7. The summed E-state index contributed by atoms with van der Waals surface area (Å²) in [5, 5.41) is 18.0. The van der Waals surface area contributed by atoms with Gasteiger partial charge in [-0.05, 0) is 37.2 Å². The molecule has 0 aliphatic rings. The van der Waals surface area contributed by atoms with Gasteiger partial charge in [-0.3, -0.25) is 0 Å². The molecule has 116 valence electrons. The van der Waals surface area contributed by atoms with Gasteiger partial charge in [0.2, 0.25) is 0 Å². The fourth-order valence-electron chi connectivity index (χ4n) is 1.12. The Bertz CT molecular complexity index is 435. The van der Waals surface area contributed by atoms with Crippen molar-refractivity contribution in [2.24, 2.45) is 0 Å². The molecule has 0 saturated heterocycles.